The van der Waals surface area contributed by atoms with Gasteiger partial charge in [-0.3, -0.25) is 0 Å². The standard InChI is InChI=1S/C23H33N3O2.ClH/c1-3-27-21-12-11-20(18-22(21)28-4-2)19-26(23-10-6-7-13-24-23)17-16-25-14-8-5-9-15-25;/h6-7,10-13,18H,3-5,8-9,14-17,19H2,1-2H3;1H. The number of pyridine rings is 1. The van der Waals surface area contributed by atoms with Crippen molar-refractivity contribution in [2.45, 2.75) is 39.7 Å². The van der Waals surface area contributed by atoms with Gasteiger partial charge in [0.2, 0.25) is 0 Å². The van der Waals surface area contributed by atoms with Crippen LogP contribution in [0.1, 0.15) is 38.7 Å². The molecular weight excluding hydrogens is 386 g/mol. The van der Waals surface area contributed by atoms with E-state index in [-0.39, 0.29) is 12.4 Å². The van der Waals surface area contributed by atoms with E-state index < -0.39 is 0 Å². The van der Waals surface area contributed by atoms with E-state index in [0.717, 1.165) is 37.0 Å². The largest absolute Gasteiger partial charge is 0.490 e. The van der Waals surface area contributed by atoms with Crippen LogP contribution in [0.15, 0.2) is 42.6 Å². The molecule has 1 saturated heterocycles. The van der Waals surface area contributed by atoms with Crippen molar-refractivity contribution < 1.29 is 9.47 Å². The third-order valence-electron chi connectivity index (χ3n) is 5.09. The van der Waals surface area contributed by atoms with Crippen LogP contribution >= 0.6 is 12.4 Å². The first kappa shape index (κ1) is 23.3. The highest BCUT2D eigenvalue weighted by Gasteiger charge is 2.15. The van der Waals surface area contributed by atoms with Gasteiger partial charge in [-0.1, -0.05) is 18.6 Å². The van der Waals surface area contributed by atoms with Crippen LogP contribution < -0.4 is 14.4 Å². The second kappa shape index (κ2) is 12.6. The quantitative estimate of drug-likeness (QED) is 0.553. The molecule has 0 N–H and O–H groups in total. The predicted molar refractivity (Wildman–Crippen MR) is 122 cm³/mol. The zero-order valence-corrected chi connectivity index (χ0v) is 18.5. The van der Waals surface area contributed by atoms with Gasteiger partial charge >= 0.3 is 0 Å². The van der Waals surface area contributed by atoms with Crippen LogP contribution in [0.3, 0.4) is 0 Å². The Morgan fingerprint density at radius 2 is 1.72 bits per heavy atom. The lowest BCUT2D eigenvalue weighted by Gasteiger charge is -2.30. The number of halogens is 1. The summed E-state index contributed by atoms with van der Waals surface area (Å²) in [5, 5.41) is 0. The summed E-state index contributed by atoms with van der Waals surface area (Å²) < 4.78 is 11.5. The van der Waals surface area contributed by atoms with E-state index >= 15 is 0 Å². The molecule has 29 heavy (non-hydrogen) atoms. The van der Waals surface area contributed by atoms with Crippen molar-refractivity contribution in [3.05, 3.63) is 48.2 Å². The Kier molecular flexibility index (Phi) is 10.1. The topological polar surface area (TPSA) is 37.8 Å². The summed E-state index contributed by atoms with van der Waals surface area (Å²) in [4.78, 5) is 9.53. The van der Waals surface area contributed by atoms with Gasteiger partial charge in [0.25, 0.3) is 0 Å². The van der Waals surface area contributed by atoms with E-state index in [0.29, 0.717) is 13.2 Å². The molecule has 0 amide bonds. The lowest BCUT2D eigenvalue weighted by molar-refractivity contribution is 0.233. The fourth-order valence-corrected chi connectivity index (χ4v) is 3.67. The van der Waals surface area contributed by atoms with E-state index in [2.05, 4.69) is 39.0 Å². The number of piperidine rings is 1. The van der Waals surface area contributed by atoms with Crippen molar-refractivity contribution in [3.63, 3.8) is 0 Å². The highest BCUT2D eigenvalue weighted by atomic mass is 35.5. The van der Waals surface area contributed by atoms with Crippen LogP contribution in [0.4, 0.5) is 5.82 Å². The molecule has 6 heteroatoms. The molecular formula is C23H34ClN3O2. The summed E-state index contributed by atoms with van der Waals surface area (Å²) in [5.74, 6) is 2.65. The number of anilines is 1. The molecule has 0 bridgehead atoms. The van der Waals surface area contributed by atoms with Gasteiger partial charge in [0.1, 0.15) is 5.82 Å². The number of aromatic nitrogens is 1. The SMILES string of the molecule is CCOc1ccc(CN(CCN2CCCCC2)c2ccccn2)cc1OCC.Cl. The second-order valence-corrected chi connectivity index (χ2v) is 7.16. The van der Waals surface area contributed by atoms with E-state index in [1.807, 2.05) is 32.2 Å². The van der Waals surface area contributed by atoms with Gasteiger partial charge in [-0.05, 0) is 69.6 Å². The molecule has 1 aromatic carbocycles. The zero-order valence-electron chi connectivity index (χ0n) is 17.7. The first-order valence-corrected chi connectivity index (χ1v) is 10.6. The van der Waals surface area contributed by atoms with Gasteiger partial charge in [0.15, 0.2) is 11.5 Å². The lowest BCUT2D eigenvalue weighted by Crippen LogP contribution is -2.38. The second-order valence-electron chi connectivity index (χ2n) is 7.16. The van der Waals surface area contributed by atoms with E-state index in [4.69, 9.17) is 9.47 Å². The predicted octanol–water partition coefficient (Wildman–Crippen LogP) is 4.79. The molecule has 3 rings (SSSR count). The number of ether oxygens (including phenoxy) is 2. The van der Waals surface area contributed by atoms with Gasteiger partial charge in [0, 0.05) is 25.8 Å². The summed E-state index contributed by atoms with van der Waals surface area (Å²) in [6, 6.07) is 12.4. The van der Waals surface area contributed by atoms with Crippen molar-refractivity contribution in [1.29, 1.82) is 0 Å². The molecule has 0 aliphatic carbocycles. The zero-order chi connectivity index (χ0) is 19.6. The summed E-state index contributed by atoms with van der Waals surface area (Å²) in [7, 11) is 0. The number of rotatable bonds is 10. The third-order valence-corrected chi connectivity index (χ3v) is 5.09. The van der Waals surface area contributed by atoms with Crippen molar-refractivity contribution in [3.8, 4) is 11.5 Å². The number of hydrogen-bond donors (Lipinski definition) is 0. The van der Waals surface area contributed by atoms with E-state index in [1.54, 1.807) is 0 Å². The maximum absolute atomic E-state index is 5.81. The Labute approximate surface area is 181 Å². The van der Waals surface area contributed by atoms with Gasteiger partial charge in [-0.15, -0.1) is 12.4 Å². The molecule has 0 radical (unpaired) electrons. The lowest BCUT2D eigenvalue weighted by atomic mass is 10.1. The summed E-state index contributed by atoms with van der Waals surface area (Å²) in [5.41, 5.74) is 1.20. The maximum atomic E-state index is 5.81. The molecule has 0 saturated carbocycles. The first-order chi connectivity index (χ1) is 13.8. The van der Waals surface area contributed by atoms with Gasteiger partial charge < -0.3 is 19.3 Å². The Hall–Kier alpha value is -1.98. The van der Waals surface area contributed by atoms with Gasteiger partial charge in [-0.25, -0.2) is 4.98 Å². The highest BCUT2D eigenvalue weighted by molar-refractivity contribution is 5.85. The smallest absolute Gasteiger partial charge is 0.161 e. The monoisotopic (exact) mass is 419 g/mol. The number of likely N-dealkylation sites (tertiary alicyclic amines) is 1. The number of benzene rings is 1. The average molecular weight is 420 g/mol. The molecule has 1 aliphatic heterocycles. The molecule has 1 aliphatic rings. The maximum Gasteiger partial charge on any atom is 0.161 e. The molecule has 0 spiro atoms. The third kappa shape index (κ3) is 7.09. The van der Waals surface area contributed by atoms with Crippen molar-refractivity contribution in [2.75, 3.05) is 44.3 Å². The molecule has 1 fully saturated rings. The van der Waals surface area contributed by atoms with Gasteiger partial charge in [-0.2, -0.15) is 0 Å². The number of nitrogens with zero attached hydrogens (tertiary/aromatic N) is 3. The van der Waals surface area contributed by atoms with Gasteiger partial charge in [0.05, 0.1) is 13.2 Å². The molecule has 160 valence electrons. The van der Waals surface area contributed by atoms with Crippen LogP contribution in [-0.2, 0) is 6.54 Å². The number of hydrogen-bond acceptors (Lipinski definition) is 5. The Morgan fingerprint density at radius 1 is 0.966 bits per heavy atom. The summed E-state index contributed by atoms with van der Waals surface area (Å²) in [6.07, 6.45) is 5.88. The Bertz CT molecular complexity index is 709. The average Bonchev–Trinajstić information content (AvgIpc) is 2.74. The Balaban J connectivity index is 0.00000300. The molecule has 2 heterocycles. The molecule has 1 aromatic heterocycles. The minimum Gasteiger partial charge on any atom is -0.490 e. The molecule has 2 aromatic rings. The fraction of sp³-hybridized carbons (Fsp3) is 0.522. The highest BCUT2D eigenvalue weighted by Crippen LogP contribution is 2.29. The normalized spacial score (nSPS) is 14.1. The van der Waals surface area contributed by atoms with Crippen molar-refractivity contribution >= 4 is 18.2 Å². The van der Waals surface area contributed by atoms with Crippen molar-refractivity contribution in [1.82, 2.24) is 9.88 Å². The molecule has 5 nitrogen and oxygen atoms in total. The Morgan fingerprint density at radius 3 is 2.41 bits per heavy atom. The van der Waals surface area contributed by atoms with Crippen LogP contribution in [0.2, 0.25) is 0 Å². The first-order valence-electron chi connectivity index (χ1n) is 10.6. The minimum absolute atomic E-state index is 0. The summed E-state index contributed by atoms with van der Waals surface area (Å²) >= 11 is 0. The fourth-order valence-electron chi connectivity index (χ4n) is 3.67. The van der Waals surface area contributed by atoms with Crippen molar-refractivity contribution in [2.24, 2.45) is 0 Å². The molecule has 0 atom stereocenters. The minimum atomic E-state index is 0. The van der Waals surface area contributed by atoms with Crippen LogP contribution in [-0.4, -0.2) is 49.3 Å². The van der Waals surface area contributed by atoms with E-state index in [9.17, 15) is 0 Å². The van der Waals surface area contributed by atoms with Crippen LogP contribution in [0, 0.1) is 0 Å². The summed E-state index contributed by atoms with van der Waals surface area (Å²) in [6.45, 7) is 10.5. The molecule has 0 unspecified atom stereocenters. The van der Waals surface area contributed by atoms with Crippen LogP contribution in [0.25, 0.3) is 0 Å². The van der Waals surface area contributed by atoms with E-state index in [1.165, 1.54) is 37.9 Å². The van der Waals surface area contributed by atoms with Crippen LogP contribution in [0.5, 0.6) is 11.5 Å².